The summed E-state index contributed by atoms with van der Waals surface area (Å²) in [6.07, 6.45) is 5.14. The summed E-state index contributed by atoms with van der Waals surface area (Å²) in [6, 6.07) is 4.67. The van der Waals surface area contributed by atoms with Crippen LogP contribution in [0.2, 0.25) is 5.02 Å². The third kappa shape index (κ3) is 4.58. The highest BCUT2D eigenvalue weighted by Gasteiger charge is 2.21. The Balaban J connectivity index is 1.45. The lowest BCUT2D eigenvalue weighted by Gasteiger charge is -2.32. The lowest BCUT2D eigenvalue weighted by molar-refractivity contribution is 0.0927. The molecule has 0 radical (unpaired) electrons. The number of nitrogens with one attached hydrogen (secondary N) is 1. The molecule has 0 aliphatic carbocycles. The number of nitrogens with zero attached hydrogens (tertiary/aromatic N) is 3. The predicted molar refractivity (Wildman–Crippen MR) is 95.0 cm³/mol. The highest BCUT2D eigenvalue weighted by atomic mass is 35.5. The number of benzene rings is 1. The normalized spacial score (nSPS) is 16.1. The monoisotopic (exact) mass is 364 g/mol. The SMILES string of the molecule is Cn1cncc1C(=O)NCC1CCN(Cc2cc(Cl)ccc2F)CC1. The van der Waals surface area contributed by atoms with Gasteiger partial charge in [0.15, 0.2) is 0 Å². The number of aryl methyl sites for hydroxylation is 1. The minimum Gasteiger partial charge on any atom is -0.350 e. The molecule has 0 atom stereocenters. The summed E-state index contributed by atoms with van der Waals surface area (Å²) in [7, 11) is 1.80. The summed E-state index contributed by atoms with van der Waals surface area (Å²) in [5, 5.41) is 3.54. The van der Waals surface area contributed by atoms with Gasteiger partial charge in [0.1, 0.15) is 11.5 Å². The summed E-state index contributed by atoms with van der Waals surface area (Å²) in [5.41, 5.74) is 1.20. The van der Waals surface area contributed by atoms with Crippen LogP contribution >= 0.6 is 11.6 Å². The highest BCUT2D eigenvalue weighted by Crippen LogP contribution is 2.21. The highest BCUT2D eigenvalue weighted by molar-refractivity contribution is 6.30. The van der Waals surface area contributed by atoms with E-state index in [1.165, 1.54) is 6.07 Å². The second-order valence-corrected chi connectivity index (χ2v) is 6.99. The van der Waals surface area contributed by atoms with E-state index in [1.54, 1.807) is 36.3 Å². The van der Waals surface area contributed by atoms with Crippen LogP contribution in [0.25, 0.3) is 0 Å². The molecule has 0 bridgehead atoms. The van der Waals surface area contributed by atoms with E-state index in [9.17, 15) is 9.18 Å². The van der Waals surface area contributed by atoms with Crippen molar-refractivity contribution >= 4 is 17.5 Å². The molecule has 2 heterocycles. The average molecular weight is 365 g/mol. The van der Waals surface area contributed by atoms with Crippen LogP contribution in [0, 0.1) is 11.7 Å². The number of imidazole rings is 1. The molecule has 1 aliphatic heterocycles. The van der Waals surface area contributed by atoms with Crippen molar-refractivity contribution in [1.82, 2.24) is 19.8 Å². The minimum absolute atomic E-state index is 0.0940. The lowest BCUT2D eigenvalue weighted by Crippen LogP contribution is -2.38. The van der Waals surface area contributed by atoms with Gasteiger partial charge in [-0.05, 0) is 50.0 Å². The zero-order chi connectivity index (χ0) is 17.8. The van der Waals surface area contributed by atoms with E-state index < -0.39 is 0 Å². The molecule has 3 rings (SSSR count). The van der Waals surface area contributed by atoms with Crippen molar-refractivity contribution in [2.75, 3.05) is 19.6 Å². The first-order chi connectivity index (χ1) is 12.0. The number of halogens is 2. The molecule has 7 heteroatoms. The summed E-state index contributed by atoms with van der Waals surface area (Å²) in [4.78, 5) is 18.3. The van der Waals surface area contributed by atoms with Crippen LogP contribution in [0.15, 0.2) is 30.7 Å². The van der Waals surface area contributed by atoms with Gasteiger partial charge in [-0.2, -0.15) is 0 Å². The van der Waals surface area contributed by atoms with Crippen molar-refractivity contribution in [3.63, 3.8) is 0 Å². The zero-order valence-electron chi connectivity index (χ0n) is 14.2. The smallest absolute Gasteiger partial charge is 0.269 e. The van der Waals surface area contributed by atoms with Crippen molar-refractivity contribution in [1.29, 1.82) is 0 Å². The fourth-order valence-corrected chi connectivity index (χ4v) is 3.35. The van der Waals surface area contributed by atoms with Crippen LogP contribution < -0.4 is 5.32 Å². The number of carbonyl (C=O) groups excluding carboxylic acids is 1. The van der Waals surface area contributed by atoms with Gasteiger partial charge in [-0.1, -0.05) is 11.6 Å². The van der Waals surface area contributed by atoms with E-state index in [2.05, 4.69) is 15.2 Å². The average Bonchev–Trinajstić information content (AvgIpc) is 3.03. The maximum Gasteiger partial charge on any atom is 0.269 e. The Kier molecular flexibility index (Phi) is 5.71. The van der Waals surface area contributed by atoms with E-state index in [1.807, 2.05) is 0 Å². The number of piperidine rings is 1. The van der Waals surface area contributed by atoms with Gasteiger partial charge in [0.25, 0.3) is 5.91 Å². The Morgan fingerprint density at radius 3 is 2.84 bits per heavy atom. The number of hydrogen-bond acceptors (Lipinski definition) is 3. The zero-order valence-corrected chi connectivity index (χ0v) is 15.0. The second-order valence-electron chi connectivity index (χ2n) is 6.56. The Hall–Kier alpha value is -1.92. The van der Waals surface area contributed by atoms with E-state index in [4.69, 9.17) is 11.6 Å². The van der Waals surface area contributed by atoms with Crippen LogP contribution in [0.1, 0.15) is 28.9 Å². The fourth-order valence-electron chi connectivity index (χ4n) is 3.16. The van der Waals surface area contributed by atoms with Crippen LogP contribution in [0.4, 0.5) is 4.39 Å². The van der Waals surface area contributed by atoms with Crippen molar-refractivity contribution in [2.45, 2.75) is 19.4 Å². The molecule has 134 valence electrons. The summed E-state index contributed by atoms with van der Waals surface area (Å²) >= 11 is 5.95. The van der Waals surface area contributed by atoms with Gasteiger partial charge in [0, 0.05) is 30.7 Å². The van der Waals surface area contributed by atoms with Crippen molar-refractivity contribution in [2.24, 2.45) is 13.0 Å². The molecule has 25 heavy (non-hydrogen) atoms. The van der Waals surface area contributed by atoms with E-state index in [0.29, 0.717) is 35.3 Å². The van der Waals surface area contributed by atoms with Crippen molar-refractivity contribution < 1.29 is 9.18 Å². The molecule has 1 amide bonds. The molecule has 1 aromatic carbocycles. The first kappa shape index (κ1) is 17.9. The third-order valence-electron chi connectivity index (χ3n) is 4.71. The van der Waals surface area contributed by atoms with Crippen LogP contribution in [0.5, 0.6) is 0 Å². The van der Waals surface area contributed by atoms with E-state index >= 15 is 0 Å². The number of rotatable bonds is 5. The molecule has 1 aromatic heterocycles. The van der Waals surface area contributed by atoms with Gasteiger partial charge in [-0.3, -0.25) is 9.69 Å². The molecule has 1 saturated heterocycles. The number of hydrogen-bond donors (Lipinski definition) is 1. The largest absolute Gasteiger partial charge is 0.350 e. The molecular formula is C18H22ClFN4O. The Morgan fingerprint density at radius 2 is 2.16 bits per heavy atom. The van der Waals surface area contributed by atoms with Gasteiger partial charge in [0.05, 0.1) is 12.5 Å². The molecule has 0 spiro atoms. The summed E-state index contributed by atoms with van der Waals surface area (Å²) < 4.78 is 15.5. The molecule has 0 saturated carbocycles. The Morgan fingerprint density at radius 1 is 1.40 bits per heavy atom. The number of likely N-dealkylation sites (tertiary alicyclic amines) is 1. The van der Waals surface area contributed by atoms with Crippen LogP contribution in [-0.2, 0) is 13.6 Å². The minimum atomic E-state index is -0.213. The topological polar surface area (TPSA) is 50.2 Å². The number of carbonyl (C=O) groups is 1. The molecule has 1 aliphatic rings. The van der Waals surface area contributed by atoms with Gasteiger partial charge in [0.2, 0.25) is 0 Å². The van der Waals surface area contributed by atoms with Crippen molar-refractivity contribution in [3.8, 4) is 0 Å². The maximum absolute atomic E-state index is 13.8. The first-order valence-corrected chi connectivity index (χ1v) is 8.81. The molecule has 2 aromatic rings. The summed E-state index contributed by atoms with van der Waals surface area (Å²) in [5.74, 6) is 0.135. The number of amides is 1. The van der Waals surface area contributed by atoms with Gasteiger partial charge < -0.3 is 9.88 Å². The molecule has 5 nitrogen and oxygen atoms in total. The number of aromatic nitrogens is 2. The van der Waals surface area contributed by atoms with E-state index in [-0.39, 0.29) is 11.7 Å². The maximum atomic E-state index is 13.8. The van der Waals surface area contributed by atoms with Gasteiger partial charge in [-0.25, -0.2) is 9.37 Å². The molecule has 1 N–H and O–H groups in total. The third-order valence-corrected chi connectivity index (χ3v) is 4.94. The van der Waals surface area contributed by atoms with Gasteiger partial charge >= 0.3 is 0 Å². The van der Waals surface area contributed by atoms with Crippen LogP contribution in [-0.4, -0.2) is 40.0 Å². The quantitative estimate of drug-likeness (QED) is 0.887. The Bertz CT molecular complexity index is 740. The second kappa shape index (κ2) is 7.97. The van der Waals surface area contributed by atoms with Gasteiger partial charge in [-0.15, -0.1) is 0 Å². The first-order valence-electron chi connectivity index (χ1n) is 8.43. The summed E-state index contributed by atoms with van der Waals surface area (Å²) in [6.45, 7) is 3.00. The lowest BCUT2D eigenvalue weighted by atomic mass is 9.96. The molecule has 1 fully saturated rings. The fraction of sp³-hybridized carbons (Fsp3) is 0.444. The van der Waals surface area contributed by atoms with Crippen LogP contribution in [0.3, 0.4) is 0 Å². The standard InChI is InChI=1S/C18H22ClFN4O/c1-23-12-21-10-17(23)18(25)22-9-13-4-6-24(7-5-13)11-14-8-15(19)2-3-16(14)20/h2-3,8,10,12-13H,4-7,9,11H2,1H3,(H,22,25). The van der Waals surface area contributed by atoms with Crippen molar-refractivity contribution in [3.05, 3.63) is 52.8 Å². The Labute approximate surface area is 151 Å². The van der Waals surface area contributed by atoms with E-state index in [0.717, 1.165) is 25.9 Å². The predicted octanol–water partition coefficient (Wildman–Crippen LogP) is 2.85. The molecule has 0 unspecified atom stereocenters. The molecular weight excluding hydrogens is 343 g/mol.